The zero-order valence-electron chi connectivity index (χ0n) is 11.7. The molecule has 0 aromatic carbocycles. The van der Waals surface area contributed by atoms with Gasteiger partial charge in [0.25, 0.3) is 0 Å². The molecule has 3 nitrogen and oxygen atoms in total. The molecule has 1 unspecified atom stereocenters. The third kappa shape index (κ3) is 3.62. The lowest BCUT2D eigenvalue weighted by Gasteiger charge is -2.46. The van der Waals surface area contributed by atoms with Crippen molar-refractivity contribution in [1.82, 2.24) is 4.90 Å². The van der Waals surface area contributed by atoms with Gasteiger partial charge in [0, 0.05) is 12.6 Å². The summed E-state index contributed by atoms with van der Waals surface area (Å²) in [4.78, 5) is 2.62. The number of thioether (sulfide) groups is 1. The van der Waals surface area contributed by atoms with Gasteiger partial charge in [-0.05, 0) is 63.2 Å². The lowest BCUT2D eigenvalue weighted by molar-refractivity contribution is -0.110. The molecule has 0 bridgehead atoms. The third-order valence-electron chi connectivity index (χ3n) is 4.44. The molecule has 0 amide bonds. The van der Waals surface area contributed by atoms with E-state index in [0.29, 0.717) is 0 Å². The minimum Gasteiger partial charge on any atom is -0.375 e. The van der Waals surface area contributed by atoms with Gasteiger partial charge in [-0.2, -0.15) is 11.8 Å². The molecule has 2 aliphatic heterocycles. The highest BCUT2D eigenvalue weighted by atomic mass is 32.2. The summed E-state index contributed by atoms with van der Waals surface area (Å²) in [6, 6.07) is 0.721. The maximum atomic E-state index is 6.17. The predicted molar refractivity (Wildman–Crippen MR) is 79.2 cm³/mol. The Bertz CT molecular complexity index is 238. The van der Waals surface area contributed by atoms with Gasteiger partial charge in [0.1, 0.15) is 0 Å². The van der Waals surface area contributed by atoms with E-state index in [0.717, 1.165) is 38.7 Å². The molecule has 2 heterocycles. The normalized spacial score (nSPS) is 27.8. The average Bonchev–Trinajstić information content (AvgIpc) is 2.41. The molecule has 106 valence electrons. The second-order valence-electron chi connectivity index (χ2n) is 5.56. The van der Waals surface area contributed by atoms with Crippen LogP contribution in [0.1, 0.15) is 39.0 Å². The molecule has 0 radical (unpaired) electrons. The molecule has 1 atom stereocenters. The minimum absolute atomic E-state index is 0.213. The van der Waals surface area contributed by atoms with Gasteiger partial charge in [-0.1, -0.05) is 6.92 Å². The van der Waals surface area contributed by atoms with Crippen molar-refractivity contribution in [2.45, 2.75) is 50.7 Å². The molecule has 2 rings (SSSR count). The zero-order valence-corrected chi connectivity index (χ0v) is 12.5. The van der Waals surface area contributed by atoms with Gasteiger partial charge in [0.05, 0.1) is 5.60 Å². The van der Waals surface area contributed by atoms with Crippen molar-refractivity contribution in [3.63, 3.8) is 0 Å². The maximum absolute atomic E-state index is 6.17. The molecular weight excluding hydrogens is 244 g/mol. The quantitative estimate of drug-likeness (QED) is 0.832. The first-order valence-electron chi connectivity index (χ1n) is 7.45. The largest absolute Gasteiger partial charge is 0.375 e. The average molecular weight is 272 g/mol. The van der Waals surface area contributed by atoms with Gasteiger partial charge in [-0.25, -0.2) is 0 Å². The number of rotatable bonds is 5. The van der Waals surface area contributed by atoms with Crippen molar-refractivity contribution in [3.8, 4) is 0 Å². The molecule has 1 spiro atoms. The Morgan fingerprint density at radius 3 is 2.83 bits per heavy atom. The van der Waals surface area contributed by atoms with Gasteiger partial charge >= 0.3 is 0 Å². The van der Waals surface area contributed by atoms with E-state index in [1.54, 1.807) is 0 Å². The molecule has 0 aliphatic carbocycles. The minimum atomic E-state index is 0.213. The lowest BCUT2D eigenvalue weighted by atomic mass is 9.85. The molecule has 2 saturated heterocycles. The van der Waals surface area contributed by atoms with Crippen molar-refractivity contribution in [1.29, 1.82) is 0 Å². The Labute approximate surface area is 116 Å². The van der Waals surface area contributed by atoms with Crippen LogP contribution in [0.4, 0.5) is 0 Å². The van der Waals surface area contributed by atoms with Crippen molar-refractivity contribution < 1.29 is 4.74 Å². The zero-order chi connectivity index (χ0) is 12.8. The molecular formula is C14H28N2OS. The van der Waals surface area contributed by atoms with E-state index < -0.39 is 0 Å². The van der Waals surface area contributed by atoms with Crippen LogP contribution in [-0.4, -0.2) is 54.3 Å². The molecule has 2 aliphatic rings. The standard InChI is InChI=1S/C14H28N2OS/c1-2-16(8-3-7-15)13-4-9-17-14(12-13)5-10-18-11-6-14/h13H,2-12,15H2,1H3. The Morgan fingerprint density at radius 2 is 2.17 bits per heavy atom. The van der Waals surface area contributed by atoms with Gasteiger partial charge in [-0.15, -0.1) is 0 Å². The summed E-state index contributed by atoms with van der Waals surface area (Å²) in [6.45, 7) is 6.34. The van der Waals surface area contributed by atoms with Crippen LogP contribution in [0.5, 0.6) is 0 Å². The summed E-state index contributed by atoms with van der Waals surface area (Å²) in [5, 5.41) is 0. The van der Waals surface area contributed by atoms with Crippen LogP contribution >= 0.6 is 11.8 Å². The fourth-order valence-electron chi connectivity index (χ4n) is 3.30. The van der Waals surface area contributed by atoms with Gasteiger partial charge in [0.15, 0.2) is 0 Å². The highest BCUT2D eigenvalue weighted by molar-refractivity contribution is 7.99. The molecule has 2 fully saturated rings. The third-order valence-corrected chi connectivity index (χ3v) is 5.43. The number of hydrogen-bond acceptors (Lipinski definition) is 4. The molecule has 2 N–H and O–H groups in total. The fraction of sp³-hybridized carbons (Fsp3) is 1.00. The van der Waals surface area contributed by atoms with Crippen molar-refractivity contribution in [3.05, 3.63) is 0 Å². The van der Waals surface area contributed by atoms with Gasteiger partial charge in [0.2, 0.25) is 0 Å². The van der Waals surface area contributed by atoms with Crippen LogP contribution < -0.4 is 5.73 Å². The van der Waals surface area contributed by atoms with Crippen LogP contribution in [0, 0.1) is 0 Å². The summed E-state index contributed by atoms with van der Waals surface area (Å²) < 4.78 is 6.17. The van der Waals surface area contributed by atoms with Crippen molar-refractivity contribution >= 4 is 11.8 Å². The van der Waals surface area contributed by atoms with E-state index in [4.69, 9.17) is 10.5 Å². The van der Waals surface area contributed by atoms with Crippen LogP contribution in [0.15, 0.2) is 0 Å². The highest BCUT2D eigenvalue weighted by Crippen LogP contribution is 2.38. The fourth-order valence-corrected chi connectivity index (χ4v) is 4.54. The second kappa shape index (κ2) is 7.13. The van der Waals surface area contributed by atoms with Crippen LogP contribution in [-0.2, 0) is 4.74 Å². The first-order valence-corrected chi connectivity index (χ1v) is 8.61. The number of nitrogens with zero attached hydrogens (tertiary/aromatic N) is 1. The molecule has 0 aromatic rings. The van der Waals surface area contributed by atoms with E-state index in [2.05, 4.69) is 23.6 Å². The Kier molecular flexibility index (Phi) is 5.80. The lowest BCUT2D eigenvalue weighted by Crippen LogP contribution is -2.50. The number of hydrogen-bond donors (Lipinski definition) is 1. The smallest absolute Gasteiger partial charge is 0.0713 e. The summed E-state index contributed by atoms with van der Waals surface area (Å²) in [7, 11) is 0. The first kappa shape index (κ1) is 14.6. The maximum Gasteiger partial charge on any atom is 0.0713 e. The summed E-state index contributed by atoms with van der Waals surface area (Å²) >= 11 is 2.08. The summed E-state index contributed by atoms with van der Waals surface area (Å²) in [5.41, 5.74) is 5.86. The van der Waals surface area contributed by atoms with Crippen molar-refractivity contribution in [2.24, 2.45) is 5.73 Å². The molecule has 4 heteroatoms. The van der Waals surface area contributed by atoms with E-state index in [-0.39, 0.29) is 5.60 Å². The van der Waals surface area contributed by atoms with E-state index in [1.165, 1.54) is 37.2 Å². The van der Waals surface area contributed by atoms with Crippen LogP contribution in [0.25, 0.3) is 0 Å². The summed E-state index contributed by atoms with van der Waals surface area (Å²) in [6.07, 6.45) is 6.07. The van der Waals surface area contributed by atoms with E-state index >= 15 is 0 Å². The number of nitrogens with two attached hydrogens (primary N) is 1. The van der Waals surface area contributed by atoms with E-state index in [1.807, 2.05) is 0 Å². The topological polar surface area (TPSA) is 38.5 Å². The highest BCUT2D eigenvalue weighted by Gasteiger charge is 2.39. The Balaban J connectivity index is 1.91. The van der Waals surface area contributed by atoms with E-state index in [9.17, 15) is 0 Å². The predicted octanol–water partition coefficient (Wildman–Crippen LogP) is 2.10. The SMILES string of the molecule is CCN(CCCN)C1CCOC2(CCSCC2)C1. The second-order valence-corrected chi connectivity index (χ2v) is 6.79. The van der Waals surface area contributed by atoms with Crippen LogP contribution in [0.3, 0.4) is 0 Å². The molecule has 18 heavy (non-hydrogen) atoms. The molecule has 0 saturated carbocycles. The van der Waals surface area contributed by atoms with Crippen molar-refractivity contribution in [2.75, 3.05) is 37.7 Å². The Morgan fingerprint density at radius 1 is 1.39 bits per heavy atom. The van der Waals surface area contributed by atoms with Gasteiger partial charge in [-0.3, -0.25) is 0 Å². The first-order chi connectivity index (χ1) is 8.79. The number of ether oxygens (including phenoxy) is 1. The Hall–Kier alpha value is 0.230. The van der Waals surface area contributed by atoms with Gasteiger partial charge < -0.3 is 15.4 Å². The summed E-state index contributed by atoms with van der Waals surface area (Å²) in [5.74, 6) is 2.56. The molecule has 0 aromatic heterocycles. The monoisotopic (exact) mass is 272 g/mol. The van der Waals surface area contributed by atoms with Crippen LogP contribution in [0.2, 0.25) is 0 Å².